The highest BCUT2D eigenvalue weighted by Crippen LogP contribution is 2.28. The molecule has 0 aliphatic rings. The molecule has 0 atom stereocenters. The normalized spacial score (nSPS) is 11.4. The van der Waals surface area contributed by atoms with Gasteiger partial charge < -0.3 is 11.1 Å². The van der Waals surface area contributed by atoms with Crippen molar-refractivity contribution in [3.05, 3.63) is 23.3 Å². The summed E-state index contributed by atoms with van der Waals surface area (Å²) in [6, 6.07) is 3.84. The average Bonchev–Trinajstić information content (AvgIpc) is 2.21. The SMILES string of the molecule is CCc1c(N)ccc(C)c1NC(=O)CC(C)(C)C. The monoisotopic (exact) mass is 248 g/mol. The molecule has 0 unspecified atom stereocenters. The molecule has 0 fully saturated rings. The summed E-state index contributed by atoms with van der Waals surface area (Å²) in [5.74, 6) is 0.0471. The van der Waals surface area contributed by atoms with Crippen molar-refractivity contribution >= 4 is 17.3 Å². The minimum atomic E-state index is -0.00924. The van der Waals surface area contributed by atoms with Crippen molar-refractivity contribution in [3.63, 3.8) is 0 Å². The van der Waals surface area contributed by atoms with Gasteiger partial charge >= 0.3 is 0 Å². The molecule has 18 heavy (non-hydrogen) atoms. The van der Waals surface area contributed by atoms with Gasteiger partial charge in [0.1, 0.15) is 0 Å². The lowest BCUT2D eigenvalue weighted by Gasteiger charge is -2.20. The van der Waals surface area contributed by atoms with E-state index in [2.05, 4.69) is 26.1 Å². The van der Waals surface area contributed by atoms with E-state index in [1.54, 1.807) is 0 Å². The van der Waals surface area contributed by atoms with Crippen molar-refractivity contribution < 1.29 is 4.79 Å². The smallest absolute Gasteiger partial charge is 0.224 e. The lowest BCUT2D eigenvalue weighted by Crippen LogP contribution is -2.21. The first-order valence-corrected chi connectivity index (χ1v) is 6.42. The van der Waals surface area contributed by atoms with Crippen LogP contribution < -0.4 is 11.1 Å². The lowest BCUT2D eigenvalue weighted by molar-refractivity contribution is -0.117. The van der Waals surface area contributed by atoms with Crippen molar-refractivity contribution in [2.24, 2.45) is 5.41 Å². The maximum atomic E-state index is 12.0. The number of benzene rings is 1. The Labute approximate surface area is 110 Å². The highest BCUT2D eigenvalue weighted by molar-refractivity contribution is 5.93. The highest BCUT2D eigenvalue weighted by Gasteiger charge is 2.18. The van der Waals surface area contributed by atoms with Crippen LogP contribution in [0.1, 0.15) is 45.2 Å². The maximum Gasteiger partial charge on any atom is 0.224 e. The second kappa shape index (κ2) is 5.42. The zero-order valence-corrected chi connectivity index (χ0v) is 12.1. The van der Waals surface area contributed by atoms with Gasteiger partial charge in [0, 0.05) is 17.8 Å². The number of carbonyl (C=O) groups excluding carboxylic acids is 1. The van der Waals surface area contributed by atoms with Gasteiger partial charge in [-0.25, -0.2) is 0 Å². The average molecular weight is 248 g/mol. The molecular formula is C15H24N2O. The van der Waals surface area contributed by atoms with Gasteiger partial charge in [-0.1, -0.05) is 33.8 Å². The summed E-state index contributed by atoms with van der Waals surface area (Å²) >= 11 is 0. The van der Waals surface area contributed by atoms with E-state index in [0.29, 0.717) is 6.42 Å². The van der Waals surface area contributed by atoms with Crippen molar-refractivity contribution in [1.29, 1.82) is 0 Å². The van der Waals surface area contributed by atoms with Gasteiger partial charge in [0.2, 0.25) is 5.91 Å². The minimum Gasteiger partial charge on any atom is -0.398 e. The standard InChI is InChI=1S/C15H24N2O/c1-6-11-12(16)8-7-10(2)14(11)17-13(18)9-15(3,4)5/h7-8H,6,9,16H2,1-5H3,(H,17,18). The Hall–Kier alpha value is -1.51. The van der Waals surface area contributed by atoms with Gasteiger partial charge in [-0.15, -0.1) is 0 Å². The third kappa shape index (κ3) is 3.76. The fourth-order valence-electron chi connectivity index (χ4n) is 2.00. The zero-order chi connectivity index (χ0) is 13.9. The van der Waals surface area contributed by atoms with Crippen molar-refractivity contribution in [1.82, 2.24) is 0 Å². The van der Waals surface area contributed by atoms with Crippen LogP contribution in [-0.2, 0) is 11.2 Å². The Morgan fingerprint density at radius 3 is 2.44 bits per heavy atom. The Morgan fingerprint density at radius 1 is 1.33 bits per heavy atom. The van der Waals surface area contributed by atoms with E-state index < -0.39 is 0 Å². The van der Waals surface area contributed by atoms with Crippen molar-refractivity contribution in [3.8, 4) is 0 Å². The molecule has 0 heterocycles. The molecule has 0 saturated heterocycles. The number of anilines is 2. The van der Waals surface area contributed by atoms with E-state index in [9.17, 15) is 4.79 Å². The molecule has 0 aliphatic carbocycles. The van der Waals surface area contributed by atoms with Gasteiger partial charge in [-0.2, -0.15) is 0 Å². The Balaban J connectivity index is 2.97. The summed E-state index contributed by atoms with van der Waals surface area (Å²) in [5.41, 5.74) is 9.65. The van der Waals surface area contributed by atoms with Crippen LogP contribution >= 0.6 is 0 Å². The Bertz CT molecular complexity index is 445. The Kier molecular flexibility index (Phi) is 4.38. The number of aryl methyl sites for hydroxylation is 1. The summed E-state index contributed by atoms with van der Waals surface area (Å²) in [7, 11) is 0. The topological polar surface area (TPSA) is 55.1 Å². The number of hydrogen-bond acceptors (Lipinski definition) is 2. The highest BCUT2D eigenvalue weighted by atomic mass is 16.1. The summed E-state index contributed by atoms with van der Waals surface area (Å²) in [4.78, 5) is 12.0. The summed E-state index contributed by atoms with van der Waals surface area (Å²) < 4.78 is 0. The minimum absolute atomic E-state index is 0.00924. The summed E-state index contributed by atoms with van der Waals surface area (Å²) in [5, 5.41) is 3.01. The molecule has 1 rings (SSSR count). The fraction of sp³-hybridized carbons (Fsp3) is 0.533. The first kappa shape index (κ1) is 14.6. The molecule has 0 aromatic heterocycles. The van der Waals surface area contributed by atoms with E-state index in [1.165, 1.54) is 0 Å². The summed E-state index contributed by atoms with van der Waals surface area (Å²) in [6.07, 6.45) is 1.32. The van der Waals surface area contributed by atoms with Crippen LogP contribution in [0.25, 0.3) is 0 Å². The quantitative estimate of drug-likeness (QED) is 0.804. The predicted molar refractivity (Wildman–Crippen MR) is 77.7 cm³/mol. The largest absolute Gasteiger partial charge is 0.398 e. The molecular weight excluding hydrogens is 224 g/mol. The van der Waals surface area contributed by atoms with E-state index in [1.807, 2.05) is 26.0 Å². The van der Waals surface area contributed by atoms with E-state index in [-0.39, 0.29) is 11.3 Å². The van der Waals surface area contributed by atoms with Crippen LogP contribution in [0.2, 0.25) is 0 Å². The maximum absolute atomic E-state index is 12.0. The van der Waals surface area contributed by atoms with Crippen LogP contribution in [0.4, 0.5) is 11.4 Å². The predicted octanol–water partition coefficient (Wildman–Crippen LogP) is 3.51. The fourth-order valence-corrected chi connectivity index (χ4v) is 2.00. The van der Waals surface area contributed by atoms with E-state index in [0.717, 1.165) is 28.9 Å². The van der Waals surface area contributed by atoms with Gasteiger partial charge in [-0.3, -0.25) is 4.79 Å². The van der Waals surface area contributed by atoms with Crippen LogP contribution in [0.15, 0.2) is 12.1 Å². The molecule has 1 amide bonds. The summed E-state index contributed by atoms with van der Waals surface area (Å²) in [6.45, 7) is 10.2. The molecule has 3 N–H and O–H groups in total. The molecule has 3 heteroatoms. The van der Waals surface area contributed by atoms with Crippen molar-refractivity contribution in [2.45, 2.75) is 47.5 Å². The number of nitrogen functional groups attached to an aromatic ring is 1. The molecule has 0 spiro atoms. The van der Waals surface area contributed by atoms with Gasteiger partial charge in [0.05, 0.1) is 0 Å². The van der Waals surface area contributed by atoms with Crippen LogP contribution in [0.3, 0.4) is 0 Å². The van der Waals surface area contributed by atoms with Crippen LogP contribution in [-0.4, -0.2) is 5.91 Å². The molecule has 1 aromatic carbocycles. The Morgan fingerprint density at radius 2 is 1.94 bits per heavy atom. The van der Waals surface area contributed by atoms with Crippen molar-refractivity contribution in [2.75, 3.05) is 11.1 Å². The number of rotatable bonds is 3. The van der Waals surface area contributed by atoms with E-state index >= 15 is 0 Å². The molecule has 0 saturated carbocycles. The second-order valence-electron chi connectivity index (χ2n) is 5.96. The molecule has 100 valence electrons. The van der Waals surface area contributed by atoms with E-state index in [4.69, 9.17) is 5.73 Å². The third-order valence-corrected chi connectivity index (χ3v) is 2.87. The zero-order valence-electron chi connectivity index (χ0n) is 12.1. The lowest BCUT2D eigenvalue weighted by atomic mass is 9.91. The van der Waals surface area contributed by atoms with Gasteiger partial charge in [0.25, 0.3) is 0 Å². The molecule has 3 nitrogen and oxygen atoms in total. The first-order valence-electron chi connectivity index (χ1n) is 6.42. The van der Waals surface area contributed by atoms with Gasteiger partial charge in [-0.05, 0) is 36.0 Å². The number of hydrogen-bond donors (Lipinski definition) is 2. The number of nitrogens with two attached hydrogens (primary N) is 1. The number of nitrogens with one attached hydrogen (secondary N) is 1. The van der Waals surface area contributed by atoms with Crippen LogP contribution in [0.5, 0.6) is 0 Å². The van der Waals surface area contributed by atoms with Gasteiger partial charge in [0.15, 0.2) is 0 Å². The number of amides is 1. The molecule has 0 bridgehead atoms. The number of carbonyl (C=O) groups is 1. The van der Waals surface area contributed by atoms with Crippen LogP contribution in [0, 0.1) is 12.3 Å². The molecule has 0 radical (unpaired) electrons. The first-order chi connectivity index (χ1) is 8.24. The molecule has 0 aliphatic heterocycles. The third-order valence-electron chi connectivity index (χ3n) is 2.87. The second-order valence-corrected chi connectivity index (χ2v) is 5.96. The molecule has 1 aromatic rings.